The van der Waals surface area contributed by atoms with Gasteiger partial charge in [-0.3, -0.25) is 0 Å². The Kier molecular flexibility index (Phi) is 12.3. The van der Waals surface area contributed by atoms with Crippen molar-refractivity contribution >= 4 is 21.9 Å². The molecule has 1 atom stereocenters. The van der Waals surface area contributed by atoms with Crippen LogP contribution in [0.5, 0.6) is 5.75 Å². The molecule has 0 aliphatic carbocycles. The first-order valence-electron chi connectivity index (χ1n) is 11.3. The van der Waals surface area contributed by atoms with E-state index in [0.29, 0.717) is 10.4 Å². The molecule has 2 aromatic carbocycles. The minimum absolute atomic E-state index is 0.285. The third-order valence-electron chi connectivity index (χ3n) is 5.18. The largest absolute Gasteiger partial charge is 0.494 e. The molecule has 2 aromatic rings. The second-order valence-electron chi connectivity index (χ2n) is 7.70. The smallest absolute Gasteiger partial charge is 0.338 e. The van der Waals surface area contributed by atoms with E-state index in [4.69, 9.17) is 9.47 Å². The number of carbonyl (C=O) groups is 1. The standard InChI is InChI=1S/C26H35BrO3/c1-2-24(27)15-11-6-4-3-5-7-12-20-29-25-18-16-23(17-19-25)26(28)30-21-22-13-9-8-10-14-22/h8-10,13-14,16-19,24H,2-7,11-12,15,20-21H2,1H3. The average Bonchev–Trinajstić information content (AvgIpc) is 2.79. The van der Waals surface area contributed by atoms with Crippen molar-refractivity contribution in [1.82, 2.24) is 0 Å². The van der Waals surface area contributed by atoms with Crippen LogP contribution in [0.3, 0.4) is 0 Å². The number of alkyl halides is 1. The van der Waals surface area contributed by atoms with Crippen LogP contribution in [0.25, 0.3) is 0 Å². The number of benzene rings is 2. The fourth-order valence-electron chi connectivity index (χ4n) is 3.24. The van der Waals surface area contributed by atoms with E-state index in [1.54, 1.807) is 12.1 Å². The Balaban J connectivity index is 1.52. The molecule has 0 aliphatic heterocycles. The summed E-state index contributed by atoms with van der Waals surface area (Å²) in [5, 5.41) is 0. The number of rotatable bonds is 15. The first-order valence-corrected chi connectivity index (χ1v) is 12.2. The zero-order valence-electron chi connectivity index (χ0n) is 18.2. The maximum Gasteiger partial charge on any atom is 0.338 e. The van der Waals surface area contributed by atoms with Crippen molar-refractivity contribution in [2.24, 2.45) is 0 Å². The highest BCUT2D eigenvalue weighted by Crippen LogP contribution is 2.17. The van der Waals surface area contributed by atoms with Gasteiger partial charge in [0.2, 0.25) is 0 Å². The van der Waals surface area contributed by atoms with Crippen molar-refractivity contribution in [3.8, 4) is 5.75 Å². The molecule has 30 heavy (non-hydrogen) atoms. The summed E-state index contributed by atoms with van der Waals surface area (Å²) in [5.41, 5.74) is 1.53. The molecular weight excluding hydrogens is 440 g/mol. The molecule has 0 heterocycles. The van der Waals surface area contributed by atoms with E-state index in [1.165, 1.54) is 51.4 Å². The fraction of sp³-hybridized carbons (Fsp3) is 0.500. The Morgan fingerprint density at radius 2 is 1.50 bits per heavy atom. The van der Waals surface area contributed by atoms with Crippen LogP contribution in [0.2, 0.25) is 0 Å². The monoisotopic (exact) mass is 474 g/mol. The minimum Gasteiger partial charge on any atom is -0.494 e. The fourth-order valence-corrected chi connectivity index (χ4v) is 3.56. The number of unbranched alkanes of at least 4 members (excludes halogenated alkanes) is 6. The predicted octanol–water partition coefficient (Wildman–Crippen LogP) is 7.72. The van der Waals surface area contributed by atoms with Crippen molar-refractivity contribution in [3.63, 3.8) is 0 Å². The van der Waals surface area contributed by atoms with Gasteiger partial charge in [-0.2, -0.15) is 0 Å². The van der Waals surface area contributed by atoms with Crippen LogP contribution in [0.15, 0.2) is 54.6 Å². The molecule has 0 aromatic heterocycles. The van der Waals surface area contributed by atoms with Crippen molar-refractivity contribution in [3.05, 3.63) is 65.7 Å². The normalized spacial score (nSPS) is 11.8. The zero-order valence-corrected chi connectivity index (χ0v) is 19.7. The second kappa shape index (κ2) is 15.1. The molecule has 4 heteroatoms. The highest BCUT2D eigenvalue weighted by atomic mass is 79.9. The lowest BCUT2D eigenvalue weighted by molar-refractivity contribution is 0.0472. The molecule has 0 fully saturated rings. The Morgan fingerprint density at radius 1 is 0.867 bits per heavy atom. The summed E-state index contributed by atoms with van der Waals surface area (Å²) >= 11 is 3.70. The van der Waals surface area contributed by atoms with Gasteiger partial charge < -0.3 is 9.47 Å². The van der Waals surface area contributed by atoms with Gasteiger partial charge in [-0.15, -0.1) is 0 Å². The Bertz CT molecular complexity index is 700. The summed E-state index contributed by atoms with van der Waals surface area (Å²) < 4.78 is 11.1. The number of hydrogen-bond acceptors (Lipinski definition) is 3. The van der Waals surface area contributed by atoms with E-state index in [-0.39, 0.29) is 12.6 Å². The lowest BCUT2D eigenvalue weighted by atomic mass is 10.1. The number of ether oxygens (including phenoxy) is 2. The molecule has 0 bridgehead atoms. The second-order valence-corrected chi connectivity index (χ2v) is 9.00. The Hall–Kier alpha value is -1.81. The number of esters is 1. The molecule has 164 valence electrons. The maximum absolute atomic E-state index is 12.1. The molecule has 0 spiro atoms. The van der Waals surface area contributed by atoms with Gasteiger partial charge in [-0.25, -0.2) is 4.79 Å². The molecule has 3 nitrogen and oxygen atoms in total. The van der Waals surface area contributed by atoms with E-state index in [9.17, 15) is 4.79 Å². The van der Waals surface area contributed by atoms with Crippen LogP contribution < -0.4 is 4.74 Å². The Morgan fingerprint density at radius 3 is 2.17 bits per heavy atom. The van der Waals surface area contributed by atoms with Crippen molar-refractivity contribution in [2.45, 2.75) is 76.1 Å². The predicted molar refractivity (Wildman–Crippen MR) is 127 cm³/mol. The summed E-state index contributed by atoms with van der Waals surface area (Å²) in [6.45, 7) is 3.24. The lowest BCUT2D eigenvalue weighted by Gasteiger charge is -2.08. The SMILES string of the molecule is CCC(Br)CCCCCCCCCOc1ccc(C(=O)OCc2ccccc2)cc1. The molecule has 0 N–H and O–H groups in total. The first-order chi connectivity index (χ1) is 14.7. The average molecular weight is 475 g/mol. The molecule has 1 unspecified atom stereocenters. The highest BCUT2D eigenvalue weighted by Gasteiger charge is 2.07. The van der Waals surface area contributed by atoms with Crippen molar-refractivity contribution < 1.29 is 14.3 Å². The van der Waals surface area contributed by atoms with E-state index in [0.717, 1.165) is 24.3 Å². The summed E-state index contributed by atoms with van der Waals surface area (Å²) in [4.78, 5) is 12.8. The summed E-state index contributed by atoms with van der Waals surface area (Å²) in [6.07, 6.45) is 11.4. The van der Waals surface area contributed by atoms with Gasteiger partial charge in [0, 0.05) is 4.83 Å². The van der Waals surface area contributed by atoms with Gasteiger partial charge in [-0.1, -0.05) is 91.7 Å². The van der Waals surface area contributed by atoms with E-state index in [1.807, 2.05) is 42.5 Å². The van der Waals surface area contributed by atoms with E-state index in [2.05, 4.69) is 22.9 Å². The highest BCUT2D eigenvalue weighted by molar-refractivity contribution is 9.09. The molecular formula is C26H35BrO3. The van der Waals surface area contributed by atoms with Crippen molar-refractivity contribution in [2.75, 3.05) is 6.61 Å². The van der Waals surface area contributed by atoms with Crippen LogP contribution in [0.4, 0.5) is 0 Å². The van der Waals surface area contributed by atoms with Gasteiger partial charge in [-0.05, 0) is 49.1 Å². The van der Waals surface area contributed by atoms with Gasteiger partial charge >= 0.3 is 5.97 Å². The molecule has 0 amide bonds. The third kappa shape index (κ3) is 10.3. The summed E-state index contributed by atoms with van der Waals surface area (Å²) in [6, 6.07) is 16.9. The molecule has 0 saturated heterocycles. The van der Waals surface area contributed by atoms with Crippen LogP contribution in [-0.2, 0) is 11.3 Å². The quantitative estimate of drug-likeness (QED) is 0.150. The van der Waals surface area contributed by atoms with Crippen LogP contribution in [-0.4, -0.2) is 17.4 Å². The van der Waals surface area contributed by atoms with E-state index < -0.39 is 0 Å². The number of carbonyl (C=O) groups excluding carboxylic acids is 1. The maximum atomic E-state index is 12.1. The Labute approximate surface area is 190 Å². The summed E-state index contributed by atoms with van der Waals surface area (Å²) in [7, 11) is 0. The van der Waals surface area contributed by atoms with Gasteiger partial charge in [0.1, 0.15) is 12.4 Å². The molecule has 0 radical (unpaired) electrons. The number of halogens is 1. The zero-order chi connectivity index (χ0) is 21.4. The molecule has 0 saturated carbocycles. The first kappa shape index (κ1) is 24.5. The van der Waals surface area contributed by atoms with Gasteiger partial charge in [0.05, 0.1) is 12.2 Å². The minimum atomic E-state index is -0.313. The number of hydrogen-bond donors (Lipinski definition) is 0. The summed E-state index contributed by atoms with van der Waals surface area (Å²) in [5.74, 6) is 0.488. The van der Waals surface area contributed by atoms with Gasteiger partial charge in [0.15, 0.2) is 0 Å². The van der Waals surface area contributed by atoms with Crippen LogP contribution >= 0.6 is 15.9 Å². The van der Waals surface area contributed by atoms with E-state index >= 15 is 0 Å². The van der Waals surface area contributed by atoms with Crippen LogP contribution in [0.1, 0.15) is 80.6 Å². The molecule has 0 aliphatic rings. The third-order valence-corrected chi connectivity index (χ3v) is 6.28. The van der Waals surface area contributed by atoms with Gasteiger partial charge in [0.25, 0.3) is 0 Å². The van der Waals surface area contributed by atoms with Crippen LogP contribution in [0, 0.1) is 0 Å². The van der Waals surface area contributed by atoms with Crippen molar-refractivity contribution in [1.29, 1.82) is 0 Å². The lowest BCUT2D eigenvalue weighted by Crippen LogP contribution is -2.05. The molecule has 2 rings (SSSR count). The topological polar surface area (TPSA) is 35.5 Å².